The Morgan fingerprint density at radius 2 is 2.14 bits per heavy atom. The Kier molecular flexibility index (Phi) is 4.69. The van der Waals surface area contributed by atoms with Crippen LogP contribution in [0.2, 0.25) is 5.02 Å². The largest absolute Gasteiger partial charge is 0.395 e. The molecular formula is C17H21ClN2O2. The van der Waals surface area contributed by atoms with Crippen molar-refractivity contribution in [3.05, 3.63) is 35.0 Å². The minimum Gasteiger partial charge on any atom is -0.395 e. The normalized spacial score (nSPS) is 15.5. The van der Waals surface area contributed by atoms with Gasteiger partial charge in [-0.3, -0.25) is 4.79 Å². The number of aliphatic hydroxyl groups is 1. The van der Waals surface area contributed by atoms with Gasteiger partial charge < -0.3 is 15.0 Å². The fourth-order valence-corrected chi connectivity index (χ4v) is 3.59. The third kappa shape index (κ3) is 2.99. The first-order chi connectivity index (χ1) is 10.7. The summed E-state index contributed by atoms with van der Waals surface area (Å²) in [5, 5.41) is 13.6. The van der Waals surface area contributed by atoms with Crippen molar-refractivity contribution in [3.63, 3.8) is 0 Å². The molecule has 0 aliphatic heterocycles. The minimum atomic E-state index is -0.0818. The van der Waals surface area contributed by atoms with E-state index in [-0.39, 0.29) is 12.5 Å². The smallest absolute Gasteiger partial charge is 0.253 e. The zero-order chi connectivity index (χ0) is 15.5. The fraction of sp³-hybridized carbons (Fsp3) is 0.471. The van der Waals surface area contributed by atoms with Crippen molar-refractivity contribution in [1.29, 1.82) is 0 Å². The molecule has 5 heteroatoms. The molecule has 118 valence electrons. The third-order valence-corrected chi connectivity index (χ3v) is 4.78. The van der Waals surface area contributed by atoms with E-state index in [1.807, 2.05) is 16.7 Å². The summed E-state index contributed by atoms with van der Waals surface area (Å²) in [5.74, 6) is 0.520. The van der Waals surface area contributed by atoms with Crippen LogP contribution in [0.5, 0.6) is 0 Å². The van der Waals surface area contributed by atoms with E-state index in [1.54, 1.807) is 12.3 Å². The van der Waals surface area contributed by atoms with Gasteiger partial charge in [0.05, 0.1) is 22.7 Å². The van der Waals surface area contributed by atoms with Gasteiger partial charge in [-0.25, -0.2) is 0 Å². The van der Waals surface area contributed by atoms with Gasteiger partial charge >= 0.3 is 0 Å². The Bertz CT molecular complexity index is 675. The third-order valence-electron chi connectivity index (χ3n) is 4.47. The zero-order valence-corrected chi connectivity index (χ0v) is 13.3. The van der Waals surface area contributed by atoms with E-state index in [0.29, 0.717) is 23.0 Å². The van der Waals surface area contributed by atoms with E-state index in [4.69, 9.17) is 11.6 Å². The highest BCUT2D eigenvalue weighted by molar-refractivity contribution is 6.36. The van der Waals surface area contributed by atoms with E-state index in [1.165, 1.54) is 25.7 Å². The standard InChI is InChI=1S/C17H21ClN2O2/c18-14-6-3-7-15-16(14)13(11-20(15)8-9-21)17(22)19-10-12-4-1-2-5-12/h3,6-7,11-12,21H,1-2,4-5,8-10H2,(H,19,22). The summed E-state index contributed by atoms with van der Waals surface area (Å²) in [5.41, 5.74) is 1.47. The maximum Gasteiger partial charge on any atom is 0.253 e. The highest BCUT2D eigenvalue weighted by Crippen LogP contribution is 2.29. The first-order valence-corrected chi connectivity index (χ1v) is 8.25. The lowest BCUT2D eigenvalue weighted by molar-refractivity contribution is 0.0948. The van der Waals surface area contributed by atoms with Gasteiger partial charge in [-0.15, -0.1) is 0 Å². The molecule has 0 radical (unpaired) electrons. The lowest BCUT2D eigenvalue weighted by Crippen LogP contribution is -2.28. The van der Waals surface area contributed by atoms with Gasteiger partial charge in [0.15, 0.2) is 0 Å². The van der Waals surface area contributed by atoms with Gasteiger partial charge in [-0.1, -0.05) is 30.5 Å². The monoisotopic (exact) mass is 320 g/mol. The minimum absolute atomic E-state index is 0.0272. The number of nitrogens with zero attached hydrogens (tertiary/aromatic N) is 1. The number of rotatable bonds is 5. The molecular weight excluding hydrogens is 300 g/mol. The number of carbonyl (C=O) groups is 1. The van der Waals surface area contributed by atoms with Crippen LogP contribution in [-0.4, -0.2) is 28.7 Å². The van der Waals surface area contributed by atoms with Crippen molar-refractivity contribution in [2.75, 3.05) is 13.2 Å². The molecule has 0 saturated heterocycles. The quantitative estimate of drug-likeness (QED) is 0.889. The van der Waals surface area contributed by atoms with Crippen molar-refractivity contribution in [1.82, 2.24) is 9.88 Å². The van der Waals surface area contributed by atoms with Crippen LogP contribution in [0.1, 0.15) is 36.0 Å². The second-order valence-corrected chi connectivity index (χ2v) is 6.36. The average molecular weight is 321 g/mol. The lowest BCUT2D eigenvalue weighted by atomic mass is 10.1. The number of aromatic nitrogens is 1. The van der Waals surface area contributed by atoms with E-state index in [0.717, 1.165) is 17.4 Å². The molecule has 1 aliphatic carbocycles. The molecule has 1 aromatic heterocycles. The molecule has 2 aromatic rings. The number of amides is 1. The number of hydrogen-bond acceptors (Lipinski definition) is 2. The topological polar surface area (TPSA) is 54.3 Å². The molecule has 0 unspecified atom stereocenters. The highest BCUT2D eigenvalue weighted by Gasteiger charge is 2.20. The van der Waals surface area contributed by atoms with Crippen LogP contribution in [0.25, 0.3) is 10.9 Å². The van der Waals surface area contributed by atoms with E-state index in [9.17, 15) is 9.90 Å². The highest BCUT2D eigenvalue weighted by atomic mass is 35.5. The maximum absolute atomic E-state index is 12.5. The van der Waals surface area contributed by atoms with Crippen molar-refractivity contribution >= 4 is 28.4 Å². The first kappa shape index (κ1) is 15.4. The van der Waals surface area contributed by atoms with Crippen molar-refractivity contribution in [2.24, 2.45) is 5.92 Å². The molecule has 1 heterocycles. The van der Waals surface area contributed by atoms with Crippen LogP contribution >= 0.6 is 11.6 Å². The summed E-state index contributed by atoms with van der Waals surface area (Å²) in [6, 6.07) is 5.57. The molecule has 1 saturated carbocycles. The summed E-state index contributed by atoms with van der Waals surface area (Å²) in [4.78, 5) is 12.5. The first-order valence-electron chi connectivity index (χ1n) is 7.87. The summed E-state index contributed by atoms with van der Waals surface area (Å²) in [6.45, 7) is 1.21. The molecule has 4 nitrogen and oxygen atoms in total. The molecule has 3 rings (SSSR count). The molecule has 1 aliphatic rings. The summed E-state index contributed by atoms with van der Waals surface area (Å²) < 4.78 is 1.88. The van der Waals surface area contributed by atoms with Crippen LogP contribution < -0.4 is 5.32 Å². The Labute approximate surface area is 135 Å². The molecule has 0 atom stereocenters. The van der Waals surface area contributed by atoms with Gasteiger partial charge in [-0.05, 0) is 30.9 Å². The number of carbonyl (C=O) groups excluding carboxylic acids is 1. The SMILES string of the molecule is O=C(NCC1CCCC1)c1cn(CCO)c2cccc(Cl)c12. The van der Waals surface area contributed by atoms with Crippen LogP contribution in [0.4, 0.5) is 0 Å². The predicted molar refractivity (Wildman–Crippen MR) is 88.3 cm³/mol. The number of fused-ring (bicyclic) bond motifs is 1. The Morgan fingerprint density at radius 1 is 1.36 bits per heavy atom. The van der Waals surface area contributed by atoms with Gasteiger partial charge in [0, 0.05) is 24.7 Å². The summed E-state index contributed by atoms with van der Waals surface area (Å²) in [6.07, 6.45) is 6.72. The second-order valence-electron chi connectivity index (χ2n) is 5.95. The number of nitrogens with one attached hydrogen (secondary N) is 1. The number of benzene rings is 1. The molecule has 22 heavy (non-hydrogen) atoms. The molecule has 1 amide bonds. The van der Waals surface area contributed by atoms with E-state index < -0.39 is 0 Å². The van der Waals surface area contributed by atoms with Crippen LogP contribution in [0, 0.1) is 5.92 Å². The van der Waals surface area contributed by atoms with Gasteiger partial charge in [0.25, 0.3) is 5.91 Å². The van der Waals surface area contributed by atoms with Crippen molar-refractivity contribution in [2.45, 2.75) is 32.2 Å². The number of aliphatic hydroxyl groups excluding tert-OH is 1. The number of halogens is 1. The molecule has 1 aromatic carbocycles. The van der Waals surface area contributed by atoms with E-state index >= 15 is 0 Å². The molecule has 0 bridgehead atoms. The predicted octanol–water partition coefficient (Wildman–Crippen LogP) is 3.21. The molecule has 0 spiro atoms. The van der Waals surface area contributed by atoms with Gasteiger partial charge in [-0.2, -0.15) is 0 Å². The summed E-state index contributed by atoms with van der Waals surface area (Å²) in [7, 11) is 0. The number of hydrogen-bond donors (Lipinski definition) is 2. The Balaban J connectivity index is 1.86. The fourth-order valence-electron chi connectivity index (χ4n) is 3.32. The Hall–Kier alpha value is -1.52. The lowest BCUT2D eigenvalue weighted by Gasteiger charge is -2.10. The van der Waals surface area contributed by atoms with Crippen LogP contribution in [0.3, 0.4) is 0 Å². The zero-order valence-electron chi connectivity index (χ0n) is 12.5. The maximum atomic E-state index is 12.5. The average Bonchev–Trinajstić information content (AvgIpc) is 3.14. The Morgan fingerprint density at radius 3 is 2.86 bits per heavy atom. The van der Waals surface area contributed by atoms with Crippen molar-refractivity contribution < 1.29 is 9.90 Å². The van der Waals surface area contributed by atoms with Crippen LogP contribution in [0.15, 0.2) is 24.4 Å². The van der Waals surface area contributed by atoms with Crippen LogP contribution in [-0.2, 0) is 6.54 Å². The van der Waals surface area contributed by atoms with Gasteiger partial charge in [0.2, 0.25) is 0 Å². The van der Waals surface area contributed by atoms with E-state index in [2.05, 4.69) is 5.32 Å². The molecule has 1 fully saturated rings. The van der Waals surface area contributed by atoms with Gasteiger partial charge in [0.1, 0.15) is 0 Å². The second kappa shape index (κ2) is 6.71. The molecule has 2 N–H and O–H groups in total. The van der Waals surface area contributed by atoms with Crippen molar-refractivity contribution in [3.8, 4) is 0 Å². The summed E-state index contributed by atoms with van der Waals surface area (Å²) >= 11 is 6.29.